The maximum atomic E-state index is 12.1. The van der Waals surface area contributed by atoms with Gasteiger partial charge in [0.15, 0.2) is 13.2 Å². The second-order valence-electron chi connectivity index (χ2n) is 11.3. The molecule has 1 aliphatic rings. The molecule has 0 bridgehead atoms. The largest absolute Gasteiger partial charge is 0.491 e. The first-order chi connectivity index (χ1) is 18.3. The Morgan fingerprint density at radius 1 is 1.21 bits per heavy atom. The van der Waals surface area contributed by atoms with Crippen LogP contribution in [-0.4, -0.2) is 53.5 Å². The van der Waals surface area contributed by atoms with E-state index in [1.807, 2.05) is 54.0 Å². The van der Waals surface area contributed by atoms with Crippen molar-refractivity contribution in [2.75, 3.05) is 19.8 Å². The Balaban J connectivity index is 1.51. The van der Waals surface area contributed by atoms with Crippen molar-refractivity contribution in [1.82, 2.24) is 9.38 Å². The van der Waals surface area contributed by atoms with E-state index in [1.54, 1.807) is 6.20 Å². The van der Waals surface area contributed by atoms with E-state index in [-0.39, 0.29) is 9.92 Å². The second-order valence-corrected chi connectivity index (χ2v) is 17.9. The molecule has 0 radical (unpaired) electrons. The molecular formula is C29H37ClN2O5SSi. The number of allylic oxidation sites excluding steroid dienone is 4. The number of fused-ring (bicyclic) bond motifs is 1. The predicted octanol–water partition coefficient (Wildman–Crippen LogP) is 7.73. The van der Waals surface area contributed by atoms with Gasteiger partial charge >= 0.3 is 5.97 Å². The van der Waals surface area contributed by atoms with Crippen molar-refractivity contribution in [3.05, 3.63) is 59.3 Å². The van der Waals surface area contributed by atoms with Gasteiger partial charge < -0.3 is 19.0 Å². The number of hydrogen-bond donors (Lipinski definition) is 1. The van der Waals surface area contributed by atoms with Crippen molar-refractivity contribution in [2.24, 2.45) is 0 Å². The zero-order valence-corrected chi connectivity index (χ0v) is 26.0. The van der Waals surface area contributed by atoms with Crippen LogP contribution in [0.1, 0.15) is 48.8 Å². The molecular weight excluding hydrogens is 552 g/mol. The van der Waals surface area contributed by atoms with Gasteiger partial charge in [-0.15, -0.1) is 22.9 Å². The van der Waals surface area contributed by atoms with Gasteiger partial charge in [-0.3, -0.25) is 4.40 Å². The molecule has 0 fully saturated rings. The Labute approximate surface area is 240 Å². The second kappa shape index (κ2) is 11.5. The van der Waals surface area contributed by atoms with Gasteiger partial charge in [-0.25, -0.2) is 9.78 Å². The minimum atomic E-state index is -1.84. The highest BCUT2D eigenvalue weighted by atomic mass is 35.5. The van der Waals surface area contributed by atoms with Crippen LogP contribution in [0, 0.1) is 6.92 Å². The molecule has 1 atom stereocenters. The van der Waals surface area contributed by atoms with Crippen LogP contribution in [0.25, 0.3) is 16.2 Å². The number of hydrogen-bond acceptors (Lipinski definition) is 6. The highest BCUT2D eigenvalue weighted by Crippen LogP contribution is 2.42. The Morgan fingerprint density at radius 3 is 2.64 bits per heavy atom. The van der Waals surface area contributed by atoms with Gasteiger partial charge in [0.2, 0.25) is 0 Å². The Hall–Kier alpha value is -2.59. The summed E-state index contributed by atoms with van der Waals surface area (Å²) < 4.78 is 20.2. The lowest BCUT2D eigenvalue weighted by atomic mass is 9.97. The van der Waals surface area contributed by atoms with Crippen molar-refractivity contribution < 1.29 is 23.8 Å². The number of aromatic carboxylic acids is 1. The average Bonchev–Trinajstić information content (AvgIpc) is 3.42. The van der Waals surface area contributed by atoms with Crippen molar-refractivity contribution >= 4 is 42.9 Å². The number of thiophene rings is 1. The summed E-state index contributed by atoms with van der Waals surface area (Å²) in [7, 11) is -1.84. The van der Waals surface area contributed by atoms with Gasteiger partial charge in [-0.2, -0.15) is 0 Å². The maximum Gasteiger partial charge on any atom is 0.349 e. The lowest BCUT2D eigenvalue weighted by molar-refractivity contribution is 0.0697. The number of carboxylic acids is 1. The summed E-state index contributed by atoms with van der Waals surface area (Å²) in [5.74, 6) is 0.0416. The van der Waals surface area contributed by atoms with Gasteiger partial charge in [0.1, 0.15) is 23.8 Å². The van der Waals surface area contributed by atoms with Crippen LogP contribution in [0.4, 0.5) is 0 Å². The van der Waals surface area contributed by atoms with E-state index in [4.69, 9.17) is 25.5 Å². The smallest absolute Gasteiger partial charge is 0.349 e. The quantitative estimate of drug-likeness (QED) is 0.140. The van der Waals surface area contributed by atoms with Crippen LogP contribution in [0.3, 0.4) is 0 Å². The minimum Gasteiger partial charge on any atom is -0.491 e. The van der Waals surface area contributed by atoms with E-state index < -0.39 is 19.2 Å². The number of carboxylic acid groups (broad SMARTS) is 1. The molecule has 0 aromatic carbocycles. The molecule has 3 heterocycles. The molecule has 0 saturated heterocycles. The summed E-state index contributed by atoms with van der Waals surface area (Å²) in [5.41, 5.74) is 2.28. The molecule has 4 rings (SSSR count). The van der Waals surface area contributed by atoms with Crippen LogP contribution in [-0.2, 0) is 4.43 Å². The monoisotopic (exact) mass is 588 g/mol. The third kappa shape index (κ3) is 6.59. The molecule has 39 heavy (non-hydrogen) atoms. The maximum absolute atomic E-state index is 12.1. The number of rotatable bonds is 11. The van der Waals surface area contributed by atoms with E-state index in [2.05, 4.69) is 38.8 Å². The Kier molecular flexibility index (Phi) is 8.66. The zero-order chi connectivity index (χ0) is 28.4. The number of ether oxygens (including phenoxy) is 2. The fourth-order valence-corrected chi connectivity index (χ4v) is 6.45. The summed E-state index contributed by atoms with van der Waals surface area (Å²) in [6.45, 7) is 14.2. The molecule has 3 aromatic rings. The Bertz CT molecular complexity index is 1400. The first-order valence-corrected chi connectivity index (χ1v) is 17.2. The topological polar surface area (TPSA) is 82.3 Å². The number of halogens is 1. The van der Waals surface area contributed by atoms with Gasteiger partial charge in [0.05, 0.1) is 41.1 Å². The summed E-state index contributed by atoms with van der Waals surface area (Å²) in [5, 5.41) is 10.1. The average molecular weight is 589 g/mol. The van der Waals surface area contributed by atoms with Gasteiger partial charge in [0.25, 0.3) is 0 Å². The lowest BCUT2D eigenvalue weighted by Crippen LogP contribution is -2.41. The van der Waals surface area contributed by atoms with Crippen LogP contribution < -0.4 is 9.47 Å². The Morgan fingerprint density at radius 2 is 1.97 bits per heavy atom. The molecule has 3 aromatic heterocycles. The fourth-order valence-electron chi connectivity index (χ4n) is 4.09. The van der Waals surface area contributed by atoms with Crippen LogP contribution in [0.15, 0.2) is 48.8 Å². The summed E-state index contributed by atoms with van der Waals surface area (Å²) in [4.78, 5) is 17.1. The number of imidazole rings is 1. The highest BCUT2D eigenvalue weighted by molar-refractivity contribution is 7.17. The fraction of sp³-hybridized carbons (Fsp3) is 0.448. The first kappa shape index (κ1) is 29.4. The number of alkyl halides is 1. The third-order valence-electron chi connectivity index (χ3n) is 7.48. The standard InChI is InChI=1S/C29H37ClN2O5SSi/c1-20-24(36-15-14-29(30)12-8-7-9-13-29)26(27(33)34)38-25(20)22-18-31-23-11-10-21(19-32(22)23)35-16-17-37-39(5,6)28(2,3)4/h7-12,18-19H,13-17H2,1-6H3,(H,33,34)/t29-/m1/s1. The number of pyridine rings is 1. The van der Waals surface area contributed by atoms with Gasteiger partial charge in [0, 0.05) is 12.0 Å². The summed E-state index contributed by atoms with van der Waals surface area (Å²) in [6.07, 6.45) is 12.8. The van der Waals surface area contributed by atoms with E-state index in [9.17, 15) is 9.90 Å². The van der Waals surface area contributed by atoms with Crippen LogP contribution in [0.5, 0.6) is 11.5 Å². The molecule has 7 nitrogen and oxygen atoms in total. The van der Waals surface area contributed by atoms with Crippen molar-refractivity contribution in [1.29, 1.82) is 0 Å². The highest BCUT2D eigenvalue weighted by Gasteiger charge is 2.37. The van der Waals surface area contributed by atoms with Crippen LogP contribution >= 0.6 is 22.9 Å². The normalized spacial score (nSPS) is 17.6. The molecule has 210 valence electrons. The summed E-state index contributed by atoms with van der Waals surface area (Å²) >= 11 is 7.86. The van der Waals surface area contributed by atoms with Crippen molar-refractivity contribution in [3.63, 3.8) is 0 Å². The molecule has 0 saturated carbocycles. The van der Waals surface area contributed by atoms with Gasteiger partial charge in [-0.05, 0) is 43.6 Å². The molecule has 0 spiro atoms. The van der Waals surface area contributed by atoms with E-state index in [0.29, 0.717) is 44.2 Å². The van der Waals surface area contributed by atoms with Crippen LogP contribution in [0.2, 0.25) is 18.1 Å². The third-order valence-corrected chi connectivity index (χ3v) is 13.8. The molecule has 1 aliphatic carbocycles. The molecule has 1 N–H and O–H groups in total. The molecule has 10 heteroatoms. The minimum absolute atomic E-state index is 0.142. The van der Waals surface area contributed by atoms with E-state index in [0.717, 1.165) is 21.8 Å². The van der Waals surface area contributed by atoms with E-state index in [1.165, 1.54) is 11.3 Å². The first-order valence-electron chi connectivity index (χ1n) is 13.1. The van der Waals surface area contributed by atoms with Crippen molar-refractivity contribution in [2.45, 2.75) is 63.5 Å². The summed E-state index contributed by atoms with van der Waals surface area (Å²) in [6, 6.07) is 3.77. The molecule has 0 amide bonds. The number of nitrogens with zero attached hydrogens (tertiary/aromatic N) is 2. The number of carbonyl (C=O) groups is 1. The zero-order valence-electron chi connectivity index (χ0n) is 23.4. The van der Waals surface area contributed by atoms with Gasteiger partial charge in [-0.1, -0.05) is 45.1 Å². The van der Waals surface area contributed by atoms with E-state index >= 15 is 0 Å². The predicted molar refractivity (Wildman–Crippen MR) is 160 cm³/mol. The molecule has 0 unspecified atom stereocenters. The van der Waals surface area contributed by atoms with Crippen molar-refractivity contribution in [3.8, 4) is 22.1 Å². The molecule has 0 aliphatic heterocycles. The SMILES string of the molecule is Cc1c(-c2cnc3ccc(OCCO[Si](C)(C)C(C)(C)C)cn23)sc(C(=O)O)c1OCC[C@@]1(Cl)C=CC=CC1. The number of aromatic nitrogens is 2. The lowest BCUT2D eigenvalue weighted by Gasteiger charge is -2.36.